The fraction of sp³-hybridized carbons (Fsp3) is 0.222. The second-order valence-corrected chi connectivity index (χ2v) is 5.06. The number of pyridine rings is 1. The molecule has 0 aliphatic carbocycles. The summed E-state index contributed by atoms with van der Waals surface area (Å²) in [5, 5.41) is 8.65. The second kappa shape index (κ2) is 4.69. The number of aromatic nitrogens is 3. The summed E-state index contributed by atoms with van der Waals surface area (Å²) in [5.41, 5.74) is 8.60. The van der Waals surface area contributed by atoms with E-state index in [0.29, 0.717) is 0 Å². The van der Waals surface area contributed by atoms with E-state index in [-0.39, 0.29) is 6.04 Å². The van der Waals surface area contributed by atoms with Gasteiger partial charge >= 0.3 is 0 Å². The van der Waals surface area contributed by atoms with Crippen molar-refractivity contribution in [1.82, 2.24) is 15.2 Å². The van der Waals surface area contributed by atoms with Crippen LogP contribution >= 0.6 is 23.1 Å². The maximum absolute atomic E-state index is 5.86. The van der Waals surface area contributed by atoms with Crippen LogP contribution in [-0.2, 0) is 0 Å². The summed E-state index contributed by atoms with van der Waals surface area (Å²) in [7, 11) is 0. The first-order chi connectivity index (χ1) is 7.27. The van der Waals surface area contributed by atoms with Crippen LogP contribution in [0.3, 0.4) is 0 Å². The lowest BCUT2D eigenvalue weighted by atomic mass is 10.2. The van der Waals surface area contributed by atoms with Crippen LogP contribution in [0.1, 0.15) is 18.5 Å². The number of hydrogen-bond acceptors (Lipinski definition) is 6. The molecule has 0 saturated heterocycles. The van der Waals surface area contributed by atoms with Crippen LogP contribution in [0.25, 0.3) is 0 Å². The normalized spacial score (nSPS) is 12.7. The summed E-state index contributed by atoms with van der Waals surface area (Å²) in [5.74, 6) is 0. The van der Waals surface area contributed by atoms with Gasteiger partial charge in [-0.2, -0.15) is 0 Å². The van der Waals surface area contributed by atoms with E-state index >= 15 is 0 Å². The minimum atomic E-state index is -0.0193. The molecule has 2 N–H and O–H groups in total. The zero-order chi connectivity index (χ0) is 10.7. The van der Waals surface area contributed by atoms with Gasteiger partial charge in [-0.15, -0.1) is 10.2 Å². The van der Waals surface area contributed by atoms with Crippen molar-refractivity contribution in [3.8, 4) is 0 Å². The van der Waals surface area contributed by atoms with Crippen molar-refractivity contribution in [2.75, 3.05) is 0 Å². The van der Waals surface area contributed by atoms with Crippen LogP contribution in [0.4, 0.5) is 0 Å². The number of nitrogens with two attached hydrogens (primary N) is 1. The lowest BCUT2D eigenvalue weighted by molar-refractivity contribution is 0.779. The topological polar surface area (TPSA) is 64.7 Å². The van der Waals surface area contributed by atoms with E-state index < -0.39 is 0 Å². The third-order valence-electron chi connectivity index (χ3n) is 1.82. The lowest BCUT2D eigenvalue weighted by Gasteiger charge is -2.08. The van der Waals surface area contributed by atoms with Gasteiger partial charge in [-0.3, -0.25) is 0 Å². The van der Waals surface area contributed by atoms with Gasteiger partial charge in [0.15, 0.2) is 4.34 Å². The van der Waals surface area contributed by atoms with Crippen LogP contribution in [-0.4, -0.2) is 15.2 Å². The first-order valence-electron chi connectivity index (χ1n) is 4.42. The molecule has 2 aromatic rings. The average molecular weight is 238 g/mol. The Labute approximate surface area is 95.9 Å². The van der Waals surface area contributed by atoms with E-state index in [4.69, 9.17) is 5.73 Å². The monoisotopic (exact) mass is 238 g/mol. The molecule has 4 nitrogen and oxygen atoms in total. The van der Waals surface area contributed by atoms with Crippen molar-refractivity contribution >= 4 is 23.1 Å². The number of nitrogens with zero attached hydrogens (tertiary/aromatic N) is 3. The van der Waals surface area contributed by atoms with Crippen molar-refractivity contribution in [1.29, 1.82) is 0 Å². The van der Waals surface area contributed by atoms with Gasteiger partial charge < -0.3 is 5.73 Å². The zero-order valence-corrected chi connectivity index (χ0v) is 9.76. The molecule has 0 saturated carbocycles. The van der Waals surface area contributed by atoms with Crippen LogP contribution in [0.5, 0.6) is 0 Å². The molecule has 0 aliphatic heterocycles. The van der Waals surface area contributed by atoms with Crippen LogP contribution in [0.2, 0.25) is 0 Å². The van der Waals surface area contributed by atoms with Crippen molar-refractivity contribution in [3.63, 3.8) is 0 Å². The molecule has 0 radical (unpaired) electrons. The Morgan fingerprint density at radius 1 is 1.53 bits per heavy atom. The third kappa shape index (κ3) is 2.53. The molecule has 0 unspecified atom stereocenters. The van der Waals surface area contributed by atoms with Crippen molar-refractivity contribution in [2.24, 2.45) is 5.73 Å². The van der Waals surface area contributed by atoms with Gasteiger partial charge in [-0.25, -0.2) is 4.98 Å². The smallest absolute Gasteiger partial charge is 0.180 e. The van der Waals surface area contributed by atoms with E-state index in [9.17, 15) is 0 Å². The predicted octanol–water partition coefficient (Wildman–Crippen LogP) is 2.10. The largest absolute Gasteiger partial charge is 0.324 e. The third-order valence-corrected chi connectivity index (χ3v) is 3.63. The van der Waals surface area contributed by atoms with Crippen LogP contribution < -0.4 is 5.73 Å². The Morgan fingerprint density at radius 2 is 2.40 bits per heavy atom. The lowest BCUT2D eigenvalue weighted by Crippen LogP contribution is -2.06. The summed E-state index contributed by atoms with van der Waals surface area (Å²) in [6, 6.07) is 3.86. The van der Waals surface area contributed by atoms with E-state index in [2.05, 4.69) is 15.2 Å². The van der Waals surface area contributed by atoms with Crippen molar-refractivity contribution in [3.05, 3.63) is 29.4 Å². The van der Waals surface area contributed by atoms with Crippen LogP contribution in [0.15, 0.2) is 33.2 Å². The van der Waals surface area contributed by atoms with Crippen molar-refractivity contribution < 1.29 is 0 Å². The minimum absolute atomic E-state index is 0.0193. The van der Waals surface area contributed by atoms with E-state index in [1.165, 1.54) is 23.1 Å². The maximum Gasteiger partial charge on any atom is 0.180 e. The van der Waals surface area contributed by atoms with Gasteiger partial charge in [-0.05, 0) is 24.8 Å². The molecule has 1 atom stereocenters. The summed E-state index contributed by atoms with van der Waals surface area (Å²) in [6.07, 6.45) is 1.76. The molecular weight excluding hydrogens is 228 g/mol. The molecule has 0 amide bonds. The first-order valence-corrected chi connectivity index (χ1v) is 6.11. The first kappa shape index (κ1) is 10.5. The van der Waals surface area contributed by atoms with Gasteiger partial charge in [0.2, 0.25) is 0 Å². The molecule has 0 aromatic carbocycles. The summed E-state index contributed by atoms with van der Waals surface area (Å²) in [4.78, 5) is 4.30. The number of hydrogen-bond donors (Lipinski definition) is 1. The van der Waals surface area contributed by atoms with Gasteiger partial charge in [-0.1, -0.05) is 17.4 Å². The maximum atomic E-state index is 5.86. The fourth-order valence-corrected chi connectivity index (χ4v) is 2.70. The highest BCUT2D eigenvalue weighted by Crippen LogP contribution is 2.31. The summed E-state index contributed by atoms with van der Waals surface area (Å²) in [6.45, 7) is 1.95. The molecule has 0 spiro atoms. The second-order valence-electron chi connectivity index (χ2n) is 2.99. The molecule has 78 valence electrons. The fourth-order valence-electron chi connectivity index (χ4n) is 1.13. The molecule has 2 heterocycles. The van der Waals surface area contributed by atoms with E-state index in [1.54, 1.807) is 11.7 Å². The van der Waals surface area contributed by atoms with Gasteiger partial charge in [0.1, 0.15) is 10.5 Å². The SMILES string of the molecule is C[C@@H](N)c1cccnc1Sc1nncs1. The van der Waals surface area contributed by atoms with Crippen LogP contribution in [0, 0.1) is 0 Å². The molecule has 0 bridgehead atoms. The van der Waals surface area contributed by atoms with E-state index in [1.807, 2.05) is 19.1 Å². The Balaban J connectivity index is 2.28. The van der Waals surface area contributed by atoms with E-state index in [0.717, 1.165) is 14.9 Å². The molecule has 2 aromatic heterocycles. The van der Waals surface area contributed by atoms with Gasteiger partial charge in [0.05, 0.1) is 0 Å². The molecule has 15 heavy (non-hydrogen) atoms. The standard InChI is InChI=1S/C9H10N4S2/c1-6(10)7-3-2-4-11-8(7)15-9-13-12-5-14-9/h2-6H,10H2,1H3/t6-/m1/s1. The van der Waals surface area contributed by atoms with Gasteiger partial charge in [0, 0.05) is 17.8 Å². The van der Waals surface area contributed by atoms with Crippen molar-refractivity contribution in [2.45, 2.75) is 22.3 Å². The Kier molecular flexibility index (Phi) is 3.30. The quantitative estimate of drug-likeness (QED) is 0.887. The predicted molar refractivity (Wildman–Crippen MR) is 60.9 cm³/mol. The molecule has 6 heteroatoms. The molecule has 0 aliphatic rings. The number of rotatable bonds is 3. The molecule has 2 rings (SSSR count). The highest BCUT2D eigenvalue weighted by molar-refractivity contribution is 8.01. The average Bonchev–Trinajstić information content (AvgIpc) is 2.71. The highest BCUT2D eigenvalue weighted by atomic mass is 32.2. The molecular formula is C9H10N4S2. The zero-order valence-electron chi connectivity index (χ0n) is 8.12. The highest BCUT2D eigenvalue weighted by Gasteiger charge is 2.10. The summed E-state index contributed by atoms with van der Waals surface area (Å²) >= 11 is 3.00. The Hall–Kier alpha value is -0.980. The Bertz CT molecular complexity index is 427. The molecule has 0 fully saturated rings. The van der Waals surface area contributed by atoms with Gasteiger partial charge in [0.25, 0.3) is 0 Å². The summed E-state index contributed by atoms with van der Waals surface area (Å²) < 4.78 is 0.885. The minimum Gasteiger partial charge on any atom is -0.324 e. The Morgan fingerprint density at radius 3 is 3.07 bits per heavy atom.